The minimum Gasteiger partial charge on any atom is -0.508 e. The largest absolute Gasteiger partial charge is 0.508 e. The van der Waals surface area contributed by atoms with E-state index in [1.807, 2.05) is 19.9 Å². The fraction of sp³-hybridized carbons (Fsp3) is 0.250. The number of aromatic hydroxyl groups is 1. The van der Waals surface area contributed by atoms with Crippen molar-refractivity contribution in [3.63, 3.8) is 0 Å². The van der Waals surface area contributed by atoms with Gasteiger partial charge >= 0.3 is 0 Å². The highest BCUT2D eigenvalue weighted by Crippen LogP contribution is 2.28. The zero-order valence-electron chi connectivity index (χ0n) is 11.7. The van der Waals surface area contributed by atoms with Crippen molar-refractivity contribution in [2.45, 2.75) is 25.9 Å². The highest BCUT2D eigenvalue weighted by Gasteiger charge is 2.15. The average Bonchev–Trinajstić information content (AvgIpc) is 2.41. The summed E-state index contributed by atoms with van der Waals surface area (Å²) in [7, 11) is 0. The van der Waals surface area contributed by atoms with Gasteiger partial charge < -0.3 is 10.4 Å². The van der Waals surface area contributed by atoms with Crippen LogP contribution >= 0.6 is 23.2 Å². The second kappa shape index (κ2) is 6.65. The van der Waals surface area contributed by atoms with Gasteiger partial charge in [-0.1, -0.05) is 35.3 Å². The Labute approximate surface area is 133 Å². The van der Waals surface area contributed by atoms with Crippen molar-refractivity contribution in [1.82, 2.24) is 5.32 Å². The van der Waals surface area contributed by atoms with Gasteiger partial charge in [-0.05, 0) is 37.6 Å². The Hall–Kier alpha value is -1.29. The molecule has 0 amide bonds. The molecule has 0 saturated carbocycles. The summed E-state index contributed by atoms with van der Waals surface area (Å²) < 4.78 is 13.8. The third kappa shape index (κ3) is 3.88. The van der Waals surface area contributed by atoms with Gasteiger partial charge in [0.1, 0.15) is 11.6 Å². The van der Waals surface area contributed by atoms with Gasteiger partial charge in [0.2, 0.25) is 0 Å². The number of benzene rings is 2. The van der Waals surface area contributed by atoms with Crippen LogP contribution in [-0.2, 0) is 0 Å². The minimum absolute atomic E-state index is 0.0250. The van der Waals surface area contributed by atoms with Gasteiger partial charge in [-0.25, -0.2) is 4.39 Å². The van der Waals surface area contributed by atoms with Crippen LogP contribution in [0.15, 0.2) is 36.4 Å². The van der Waals surface area contributed by atoms with E-state index in [9.17, 15) is 9.50 Å². The zero-order chi connectivity index (χ0) is 15.6. The first-order valence-electron chi connectivity index (χ1n) is 6.58. The SMILES string of the molecule is CC(NC(C)c1ccc(O)cc1F)c1ccc(Cl)c(Cl)c1. The lowest BCUT2D eigenvalue weighted by Gasteiger charge is -2.21. The molecule has 2 unspecified atom stereocenters. The van der Waals surface area contributed by atoms with Crippen LogP contribution in [0.2, 0.25) is 10.0 Å². The number of nitrogens with one attached hydrogen (secondary N) is 1. The van der Waals surface area contributed by atoms with Crippen LogP contribution in [0.1, 0.15) is 37.1 Å². The molecule has 2 nitrogen and oxygen atoms in total. The molecule has 0 heterocycles. The first-order valence-corrected chi connectivity index (χ1v) is 7.33. The van der Waals surface area contributed by atoms with Gasteiger partial charge in [-0.2, -0.15) is 0 Å². The summed E-state index contributed by atoms with van der Waals surface area (Å²) in [6.45, 7) is 3.83. The van der Waals surface area contributed by atoms with Crippen molar-refractivity contribution >= 4 is 23.2 Å². The Morgan fingerprint density at radius 2 is 1.71 bits per heavy atom. The quantitative estimate of drug-likeness (QED) is 0.803. The van der Waals surface area contributed by atoms with E-state index in [0.29, 0.717) is 15.6 Å². The first-order chi connectivity index (χ1) is 9.88. The molecule has 2 aromatic carbocycles. The Kier molecular flexibility index (Phi) is 5.09. The molecule has 0 aliphatic carbocycles. The molecule has 0 aliphatic heterocycles. The summed E-state index contributed by atoms with van der Waals surface area (Å²) in [5.41, 5.74) is 1.47. The summed E-state index contributed by atoms with van der Waals surface area (Å²) >= 11 is 11.9. The molecule has 0 saturated heterocycles. The van der Waals surface area contributed by atoms with Crippen molar-refractivity contribution in [2.75, 3.05) is 0 Å². The van der Waals surface area contributed by atoms with Gasteiger partial charge in [-0.15, -0.1) is 0 Å². The monoisotopic (exact) mass is 327 g/mol. The van der Waals surface area contributed by atoms with E-state index in [2.05, 4.69) is 5.32 Å². The molecule has 0 fully saturated rings. The second-order valence-electron chi connectivity index (χ2n) is 4.99. The Bertz CT molecular complexity index is 648. The molecule has 21 heavy (non-hydrogen) atoms. The Morgan fingerprint density at radius 3 is 2.33 bits per heavy atom. The summed E-state index contributed by atoms with van der Waals surface area (Å²) in [5.74, 6) is -0.516. The molecule has 0 bridgehead atoms. The fourth-order valence-electron chi connectivity index (χ4n) is 2.21. The molecule has 2 aromatic rings. The summed E-state index contributed by atoms with van der Waals surface area (Å²) in [5, 5.41) is 13.5. The zero-order valence-corrected chi connectivity index (χ0v) is 13.2. The third-order valence-corrected chi connectivity index (χ3v) is 4.13. The van der Waals surface area contributed by atoms with E-state index < -0.39 is 5.82 Å². The van der Waals surface area contributed by atoms with E-state index in [-0.39, 0.29) is 17.8 Å². The van der Waals surface area contributed by atoms with Crippen LogP contribution in [-0.4, -0.2) is 5.11 Å². The summed E-state index contributed by atoms with van der Waals surface area (Å²) in [6, 6.07) is 9.33. The van der Waals surface area contributed by atoms with Crippen molar-refractivity contribution in [3.8, 4) is 5.75 Å². The van der Waals surface area contributed by atoms with Crippen LogP contribution in [0.4, 0.5) is 4.39 Å². The van der Waals surface area contributed by atoms with E-state index in [1.165, 1.54) is 6.07 Å². The number of halogens is 3. The summed E-state index contributed by atoms with van der Waals surface area (Å²) in [4.78, 5) is 0. The average molecular weight is 328 g/mol. The number of phenolic OH excluding ortho intramolecular Hbond substituents is 1. The van der Waals surface area contributed by atoms with Crippen molar-refractivity contribution in [1.29, 1.82) is 0 Å². The van der Waals surface area contributed by atoms with Crippen LogP contribution in [0.5, 0.6) is 5.75 Å². The van der Waals surface area contributed by atoms with E-state index in [0.717, 1.165) is 11.6 Å². The lowest BCUT2D eigenvalue weighted by atomic mass is 10.0. The Balaban J connectivity index is 2.14. The van der Waals surface area contributed by atoms with Crippen LogP contribution < -0.4 is 5.32 Å². The van der Waals surface area contributed by atoms with E-state index in [1.54, 1.807) is 18.2 Å². The Morgan fingerprint density at radius 1 is 1.00 bits per heavy atom. The highest BCUT2D eigenvalue weighted by molar-refractivity contribution is 6.42. The molecular weight excluding hydrogens is 312 g/mol. The number of hydrogen-bond donors (Lipinski definition) is 2. The maximum Gasteiger partial charge on any atom is 0.131 e. The van der Waals surface area contributed by atoms with E-state index in [4.69, 9.17) is 23.2 Å². The van der Waals surface area contributed by atoms with Crippen LogP contribution in [0.25, 0.3) is 0 Å². The van der Waals surface area contributed by atoms with Crippen molar-refractivity contribution < 1.29 is 9.50 Å². The number of phenols is 1. The van der Waals surface area contributed by atoms with Gasteiger partial charge in [0, 0.05) is 23.7 Å². The van der Waals surface area contributed by atoms with Crippen LogP contribution in [0.3, 0.4) is 0 Å². The van der Waals surface area contributed by atoms with Gasteiger partial charge in [0.25, 0.3) is 0 Å². The topological polar surface area (TPSA) is 32.3 Å². The molecule has 2 rings (SSSR count). The molecule has 0 radical (unpaired) electrons. The predicted molar refractivity (Wildman–Crippen MR) is 84.5 cm³/mol. The minimum atomic E-state index is -0.434. The molecule has 112 valence electrons. The first kappa shape index (κ1) is 16.1. The molecule has 0 aliphatic rings. The fourth-order valence-corrected chi connectivity index (χ4v) is 2.52. The molecule has 0 spiro atoms. The number of hydrogen-bond acceptors (Lipinski definition) is 2. The second-order valence-corrected chi connectivity index (χ2v) is 5.80. The smallest absolute Gasteiger partial charge is 0.131 e. The van der Waals surface area contributed by atoms with Crippen LogP contribution in [0, 0.1) is 5.82 Å². The lowest BCUT2D eigenvalue weighted by Crippen LogP contribution is -2.23. The number of rotatable bonds is 4. The molecule has 2 atom stereocenters. The van der Waals surface area contributed by atoms with E-state index >= 15 is 0 Å². The molecule has 0 aromatic heterocycles. The van der Waals surface area contributed by atoms with Gasteiger partial charge in [-0.3, -0.25) is 0 Å². The van der Waals surface area contributed by atoms with Gasteiger partial charge in [0.05, 0.1) is 10.0 Å². The standard InChI is InChI=1S/C16H16Cl2FNO/c1-9(11-3-6-14(17)15(18)7-11)20-10(2)13-5-4-12(21)8-16(13)19/h3-10,20-21H,1-2H3. The van der Waals surface area contributed by atoms with Gasteiger partial charge in [0.15, 0.2) is 0 Å². The van der Waals surface area contributed by atoms with Crippen molar-refractivity contribution in [2.24, 2.45) is 0 Å². The lowest BCUT2D eigenvalue weighted by molar-refractivity contribution is 0.454. The highest BCUT2D eigenvalue weighted by atomic mass is 35.5. The van der Waals surface area contributed by atoms with Crippen molar-refractivity contribution in [3.05, 3.63) is 63.4 Å². The predicted octanol–water partition coefficient (Wildman–Crippen LogP) is 5.25. The normalized spacial score (nSPS) is 14.0. The third-order valence-electron chi connectivity index (χ3n) is 3.39. The maximum absolute atomic E-state index is 13.8. The molecule has 5 heteroatoms. The summed E-state index contributed by atoms with van der Waals surface area (Å²) in [6.07, 6.45) is 0. The molecule has 2 N–H and O–H groups in total. The molecular formula is C16H16Cl2FNO. The maximum atomic E-state index is 13.8.